The van der Waals surface area contributed by atoms with Crippen LogP contribution in [0.15, 0.2) is 36.5 Å². The van der Waals surface area contributed by atoms with Crippen molar-refractivity contribution in [1.29, 1.82) is 0 Å². The molecule has 0 aliphatic heterocycles. The van der Waals surface area contributed by atoms with E-state index < -0.39 is 11.6 Å². The van der Waals surface area contributed by atoms with Gasteiger partial charge in [0.2, 0.25) is 0 Å². The van der Waals surface area contributed by atoms with Gasteiger partial charge in [0.1, 0.15) is 11.6 Å². The lowest BCUT2D eigenvalue weighted by atomic mass is 10.2. The Morgan fingerprint density at radius 3 is 2.69 bits per heavy atom. The molecule has 16 heavy (non-hydrogen) atoms. The number of nitrogens with zero attached hydrogens (tertiary/aromatic N) is 1. The molecule has 0 aliphatic rings. The van der Waals surface area contributed by atoms with Crippen molar-refractivity contribution in [1.82, 2.24) is 4.98 Å². The second kappa shape index (κ2) is 4.26. The maximum atomic E-state index is 13.3. The van der Waals surface area contributed by atoms with Crippen LogP contribution in [-0.2, 0) is 0 Å². The number of aryl methyl sites for hydroxylation is 1. The first kappa shape index (κ1) is 10.5. The van der Waals surface area contributed by atoms with Gasteiger partial charge in [-0.1, -0.05) is 0 Å². The maximum absolute atomic E-state index is 13.3. The molecule has 0 saturated heterocycles. The van der Waals surface area contributed by atoms with E-state index in [1.165, 1.54) is 0 Å². The fourth-order valence-electron chi connectivity index (χ4n) is 1.35. The molecule has 0 spiro atoms. The second-order valence-electron chi connectivity index (χ2n) is 3.39. The van der Waals surface area contributed by atoms with E-state index in [0.29, 0.717) is 5.69 Å². The summed E-state index contributed by atoms with van der Waals surface area (Å²) in [6.45, 7) is 1.79. The Balaban J connectivity index is 2.34. The van der Waals surface area contributed by atoms with Crippen molar-refractivity contribution in [2.75, 3.05) is 5.32 Å². The molecule has 0 fully saturated rings. The predicted molar refractivity (Wildman–Crippen MR) is 58.6 cm³/mol. The summed E-state index contributed by atoms with van der Waals surface area (Å²) in [5.74, 6) is -0.977. The first-order valence-corrected chi connectivity index (χ1v) is 4.80. The molecule has 0 unspecified atom stereocenters. The highest BCUT2D eigenvalue weighted by atomic mass is 19.1. The number of pyridine rings is 1. The number of anilines is 2. The van der Waals surface area contributed by atoms with Gasteiger partial charge < -0.3 is 5.32 Å². The Morgan fingerprint density at radius 1 is 1.12 bits per heavy atom. The molecule has 2 aromatic rings. The zero-order chi connectivity index (χ0) is 11.5. The van der Waals surface area contributed by atoms with Crippen LogP contribution in [0.5, 0.6) is 0 Å². The Kier molecular flexibility index (Phi) is 2.81. The van der Waals surface area contributed by atoms with E-state index in [-0.39, 0.29) is 5.69 Å². The number of hydrogen-bond donors (Lipinski definition) is 1. The van der Waals surface area contributed by atoms with Crippen LogP contribution in [0.3, 0.4) is 0 Å². The molecule has 1 heterocycles. The van der Waals surface area contributed by atoms with E-state index >= 15 is 0 Å². The third-order valence-electron chi connectivity index (χ3n) is 2.20. The molecular formula is C12H10F2N2. The fourth-order valence-corrected chi connectivity index (χ4v) is 1.35. The quantitative estimate of drug-likeness (QED) is 0.838. The minimum absolute atomic E-state index is 0.108. The van der Waals surface area contributed by atoms with Crippen LogP contribution in [-0.4, -0.2) is 4.98 Å². The predicted octanol–water partition coefficient (Wildman–Crippen LogP) is 3.41. The van der Waals surface area contributed by atoms with Crippen LogP contribution >= 0.6 is 0 Å². The highest BCUT2D eigenvalue weighted by Crippen LogP contribution is 2.22. The van der Waals surface area contributed by atoms with Crippen LogP contribution in [0.4, 0.5) is 20.2 Å². The van der Waals surface area contributed by atoms with E-state index in [2.05, 4.69) is 10.3 Å². The number of hydrogen-bond acceptors (Lipinski definition) is 2. The molecule has 1 N–H and O–H groups in total. The largest absolute Gasteiger partial charge is 0.352 e. The van der Waals surface area contributed by atoms with Gasteiger partial charge in [0.15, 0.2) is 0 Å². The van der Waals surface area contributed by atoms with Gasteiger partial charge in [0.25, 0.3) is 0 Å². The molecule has 0 aliphatic carbocycles. The van der Waals surface area contributed by atoms with Gasteiger partial charge in [0, 0.05) is 12.3 Å². The molecule has 4 heteroatoms. The lowest BCUT2D eigenvalue weighted by Gasteiger charge is -2.09. The van der Waals surface area contributed by atoms with E-state index in [4.69, 9.17) is 0 Å². The molecule has 1 aromatic heterocycles. The van der Waals surface area contributed by atoms with Crippen LogP contribution in [0.1, 0.15) is 5.69 Å². The maximum Gasteiger partial charge on any atom is 0.146 e. The minimum atomic E-state index is -0.496. The molecule has 1 aromatic carbocycles. The van der Waals surface area contributed by atoms with Crippen molar-refractivity contribution in [2.24, 2.45) is 0 Å². The summed E-state index contributed by atoms with van der Waals surface area (Å²) in [5.41, 5.74) is 1.49. The van der Waals surface area contributed by atoms with Crippen LogP contribution in [0.25, 0.3) is 0 Å². The number of aromatic nitrogens is 1. The molecule has 0 bridgehead atoms. The number of nitrogens with one attached hydrogen (secondary N) is 1. The number of benzene rings is 1. The van der Waals surface area contributed by atoms with Crippen LogP contribution < -0.4 is 5.32 Å². The van der Waals surface area contributed by atoms with E-state index in [1.807, 2.05) is 0 Å². The highest BCUT2D eigenvalue weighted by Gasteiger charge is 2.05. The molecule has 0 amide bonds. The summed E-state index contributed by atoms with van der Waals surface area (Å²) in [4.78, 5) is 4.05. The lowest BCUT2D eigenvalue weighted by molar-refractivity contribution is 0.603. The Morgan fingerprint density at radius 2 is 1.94 bits per heavy atom. The van der Waals surface area contributed by atoms with Crippen LogP contribution in [0, 0.1) is 18.6 Å². The third-order valence-corrected chi connectivity index (χ3v) is 2.20. The van der Waals surface area contributed by atoms with Crippen molar-refractivity contribution in [3.63, 3.8) is 0 Å². The minimum Gasteiger partial charge on any atom is -0.352 e. The zero-order valence-electron chi connectivity index (χ0n) is 8.67. The average molecular weight is 220 g/mol. The monoisotopic (exact) mass is 220 g/mol. The Hall–Kier alpha value is -1.97. The Bertz CT molecular complexity index is 512. The van der Waals surface area contributed by atoms with Gasteiger partial charge in [-0.05, 0) is 31.2 Å². The van der Waals surface area contributed by atoms with Crippen molar-refractivity contribution in [3.05, 3.63) is 53.9 Å². The van der Waals surface area contributed by atoms with Gasteiger partial charge in [0.05, 0.1) is 17.1 Å². The summed E-state index contributed by atoms with van der Waals surface area (Å²) in [6.07, 6.45) is 1.64. The number of rotatable bonds is 2. The van der Waals surface area contributed by atoms with Crippen molar-refractivity contribution < 1.29 is 8.78 Å². The third kappa shape index (κ3) is 2.16. The van der Waals surface area contributed by atoms with Gasteiger partial charge in [-0.2, -0.15) is 0 Å². The molecule has 0 saturated carbocycles. The molecule has 0 radical (unpaired) electrons. The Labute approximate surface area is 92.0 Å². The van der Waals surface area contributed by atoms with Crippen LogP contribution in [0.2, 0.25) is 0 Å². The van der Waals surface area contributed by atoms with Crippen molar-refractivity contribution >= 4 is 11.4 Å². The SMILES string of the molecule is Cc1ncccc1Nc1cc(F)ccc1F. The van der Waals surface area contributed by atoms with Gasteiger partial charge in [-0.15, -0.1) is 0 Å². The van der Waals surface area contributed by atoms with Gasteiger partial charge in [-0.25, -0.2) is 8.78 Å². The molecule has 2 rings (SSSR count). The van der Waals surface area contributed by atoms with E-state index in [0.717, 1.165) is 23.9 Å². The van der Waals surface area contributed by atoms with Crippen molar-refractivity contribution in [3.8, 4) is 0 Å². The first-order chi connectivity index (χ1) is 7.66. The van der Waals surface area contributed by atoms with Crippen molar-refractivity contribution in [2.45, 2.75) is 6.92 Å². The zero-order valence-corrected chi connectivity index (χ0v) is 8.67. The summed E-state index contributed by atoms with van der Waals surface area (Å²) in [6, 6.07) is 6.76. The van der Waals surface area contributed by atoms with Gasteiger partial charge in [-0.3, -0.25) is 4.98 Å². The molecule has 82 valence electrons. The average Bonchev–Trinajstić information content (AvgIpc) is 2.27. The summed E-state index contributed by atoms with van der Waals surface area (Å²) < 4.78 is 26.3. The lowest BCUT2D eigenvalue weighted by Crippen LogP contribution is -1.97. The standard InChI is InChI=1S/C12H10F2N2/c1-8-11(3-2-6-15-8)16-12-7-9(13)4-5-10(12)14/h2-7,16H,1H3. The van der Waals surface area contributed by atoms with E-state index in [1.54, 1.807) is 25.3 Å². The molecule has 0 atom stereocenters. The smallest absolute Gasteiger partial charge is 0.146 e. The molecular weight excluding hydrogens is 210 g/mol. The first-order valence-electron chi connectivity index (χ1n) is 4.80. The second-order valence-corrected chi connectivity index (χ2v) is 3.39. The topological polar surface area (TPSA) is 24.9 Å². The highest BCUT2D eigenvalue weighted by molar-refractivity contribution is 5.61. The van der Waals surface area contributed by atoms with Gasteiger partial charge >= 0.3 is 0 Å². The number of halogens is 2. The normalized spacial score (nSPS) is 10.2. The fraction of sp³-hybridized carbons (Fsp3) is 0.0833. The van der Waals surface area contributed by atoms with E-state index in [9.17, 15) is 8.78 Å². The summed E-state index contributed by atoms with van der Waals surface area (Å²) >= 11 is 0. The molecule has 2 nitrogen and oxygen atoms in total. The summed E-state index contributed by atoms with van der Waals surface area (Å²) in [7, 11) is 0. The summed E-state index contributed by atoms with van der Waals surface area (Å²) in [5, 5.41) is 2.80.